The highest BCUT2D eigenvalue weighted by Gasteiger charge is 2.37. The summed E-state index contributed by atoms with van der Waals surface area (Å²) >= 11 is 0. The van der Waals surface area contributed by atoms with E-state index in [0.717, 1.165) is 10.5 Å². The van der Waals surface area contributed by atoms with Gasteiger partial charge in [-0.25, -0.2) is 4.90 Å². The molecule has 9 heteroatoms. The van der Waals surface area contributed by atoms with E-state index in [1.54, 1.807) is 103 Å². The molecule has 0 saturated carbocycles. The highest BCUT2D eigenvalue weighted by Crippen LogP contribution is 2.30. The van der Waals surface area contributed by atoms with Gasteiger partial charge in [-0.2, -0.15) is 0 Å². The Labute approximate surface area is 316 Å². The normalized spacial score (nSPS) is 12.2. The van der Waals surface area contributed by atoms with Crippen LogP contribution in [0.4, 0.5) is 17.1 Å². The van der Waals surface area contributed by atoms with Crippen LogP contribution in [0.1, 0.15) is 73.3 Å². The fourth-order valence-electron chi connectivity index (χ4n) is 5.97. The number of carbonyl (C=O) groups excluding carboxylic acids is 6. The summed E-state index contributed by atoms with van der Waals surface area (Å²) in [5.74, 6) is -2.33. The standard InChI is InChI=1S/C46H31N3O6/c50-41(32-11-3-1-4-12-32)25-17-30-9-7-15-36(27-30)47-43(52)34-19-22-38(23-20-34)49-45(54)39-24-21-35(29-40(39)46(49)55)44(53)48-37-16-8-10-31(28-37)18-26-42(51)33-13-5-2-6-14-33/h1-29H,(H,47,52)(H,48,53)/b25-17+,26-18+. The molecule has 0 radical (unpaired) electrons. The molecule has 0 aliphatic carbocycles. The number of allylic oxidation sites excluding steroid dienone is 2. The van der Waals surface area contributed by atoms with E-state index in [9.17, 15) is 28.8 Å². The van der Waals surface area contributed by atoms with Crippen molar-refractivity contribution in [2.75, 3.05) is 15.5 Å². The van der Waals surface area contributed by atoms with Crippen molar-refractivity contribution in [3.63, 3.8) is 0 Å². The van der Waals surface area contributed by atoms with E-state index in [4.69, 9.17) is 0 Å². The van der Waals surface area contributed by atoms with Crippen LogP contribution in [0.25, 0.3) is 12.2 Å². The monoisotopic (exact) mass is 721 g/mol. The van der Waals surface area contributed by atoms with Crippen molar-refractivity contribution >= 4 is 64.4 Å². The number of nitrogens with one attached hydrogen (secondary N) is 2. The van der Waals surface area contributed by atoms with Crippen molar-refractivity contribution in [1.29, 1.82) is 0 Å². The molecular formula is C46H31N3O6. The molecule has 1 aliphatic rings. The number of benzene rings is 6. The Hall–Kier alpha value is -7.78. The van der Waals surface area contributed by atoms with Crippen LogP contribution < -0.4 is 15.5 Å². The van der Waals surface area contributed by atoms with Crippen molar-refractivity contribution in [2.24, 2.45) is 0 Å². The molecular weight excluding hydrogens is 691 g/mol. The predicted molar refractivity (Wildman–Crippen MR) is 212 cm³/mol. The van der Waals surface area contributed by atoms with Crippen LogP contribution in [0, 0.1) is 0 Å². The van der Waals surface area contributed by atoms with Gasteiger partial charge in [-0.3, -0.25) is 28.8 Å². The smallest absolute Gasteiger partial charge is 0.266 e. The number of ketones is 2. The molecule has 0 fully saturated rings. The van der Waals surface area contributed by atoms with E-state index in [2.05, 4.69) is 10.6 Å². The molecule has 4 amide bonds. The van der Waals surface area contributed by atoms with Gasteiger partial charge in [-0.15, -0.1) is 0 Å². The molecule has 0 saturated heterocycles. The van der Waals surface area contributed by atoms with Gasteiger partial charge < -0.3 is 10.6 Å². The molecule has 2 N–H and O–H groups in total. The highest BCUT2D eigenvalue weighted by molar-refractivity contribution is 6.35. The fraction of sp³-hybridized carbons (Fsp3) is 0. The van der Waals surface area contributed by atoms with E-state index in [-0.39, 0.29) is 33.9 Å². The summed E-state index contributed by atoms with van der Waals surface area (Å²) in [5, 5.41) is 5.64. The quantitative estimate of drug-likeness (QED) is 0.0782. The van der Waals surface area contributed by atoms with Crippen LogP contribution in [-0.4, -0.2) is 35.2 Å². The number of imide groups is 1. The Balaban J connectivity index is 0.986. The Morgan fingerprint density at radius 3 is 1.44 bits per heavy atom. The minimum absolute atomic E-state index is 0.0787. The third-order valence-electron chi connectivity index (χ3n) is 8.80. The Kier molecular flexibility index (Phi) is 10.3. The third-order valence-corrected chi connectivity index (χ3v) is 8.80. The molecule has 6 aromatic carbocycles. The first-order valence-corrected chi connectivity index (χ1v) is 17.2. The van der Waals surface area contributed by atoms with Crippen molar-refractivity contribution in [3.05, 3.63) is 208 Å². The molecule has 0 bridgehead atoms. The molecule has 55 heavy (non-hydrogen) atoms. The largest absolute Gasteiger partial charge is 0.322 e. The predicted octanol–water partition coefficient (Wildman–Crippen LogP) is 8.78. The van der Waals surface area contributed by atoms with Crippen molar-refractivity contribution in [1.82, 2.24) is 0 Å². The zero-order chi connectivity index (χ0) is 38.3. The van der Waals surface area contributed by atoms with Gasteiger partial charge >= 0.3 is 0 Å². The maximum Gasteiger partial charge on any atom is 0.266 e. The van der Waals surface area contributed by atoms with E-state index >= 15 is 0 Å². The number of anilines is 3. The van der Waals surface area contributed by atoms with Crippen LogP contribution in [0.5, 0.6) is 0 Å². The van der Waals surface area contributed by atoms with Crippen LogP contribution in [0.2, 0.25) is 0 Å². The fourth-order valence-corrected chi connectivity index (χ4v) is 5.97. The lowest BCUT2D eigenvalue weighted by atomic mass is 10.0. The molecule has 7 rings (SSSR count). The van der Waals surface area contributed by atoms with E-state index in [1.165, 1.54) is 54.6 Å². The zero-order valence-electron chi connectivity index (χ0n) is 29.1. The Bertz CT molecular complexity index is 2540. The molecule has 0 spiro atoms. The van der Waals surface area contributed by atoms with Gasteiger partial charge in [0.2, 0.25) is 0 Å². The molecule has 9 nitrogen and oxygen atoms in total. The van der Waals surface area contributed by atoms with Crippen LogP contribution >= 0.6 is 0 Å². The van der Waals surface area contributed by atoms with Gasteiger partial charge in [0, 0.05) is 33.6 Å². The number of hydrogen-bond acceptors (Lipinski definition) is 6. The lowest BCUT2D eigenvalue weighted by Crippen LogP contribution is -2.29. The number of amides is 4. The molecule has 266 valence electrons. The van der Waals surface area contributed by atoms with Crippen LogP contribution in [-0.2, 0) is 0 Å². The zero-order valence-corrected chi connectivity index (χ0v) is 29.1. The second-order valence-corrected chi connectivity index (χ2v) is 12.5. The topological polar surface area (TPSA) is 130 Å². The molecule has 6 aromatic rings. The number of hydrogen-bond donors (Lipinski definition) is 2. The van der Waals surface area contributed by atoms with E-state index in [0.29, 0.717) is 33.6 Å². The first kappa shape index (κ1) is 35.6. The average Bonchev–Trinajstić information content (AvgIpc) is 3.47. The Morgan fingerprint density at radius 2 is 0.909 bits per heavy atom. The van der Waals surface area contributed by atoms with Gasteiger partial charge in [0.05, 0.1) is 16.8 Å². The summed E-state index contributed by atoms with van der Waals surface area (Å²) in [6.07, 6.45) is 6.27. The third kappa shape index (κ3) is 8.16. The van der Waals surface area contributed by atoms with E-state index < -0.39 is 23.6 Å². The molecule has 0 unspecified atom stereocenters. The SMILES string of the molecule is O=C(/C=C/c1cccc(NC(=O)c2ccc(N3C(=O)c4ccc(C(=O)Nc5cccc(/C=C/C(=O)c6ccccc6)c5)cc4C3=O)cc2)c1)c1ccccc1. The number of fused-ring (bicyclic) bond motifs is 1. The highest BCUT2D eigenvalue weighted by atomic mass is 16.2. The Morgan fingerprint density at radius 1 is 0.436 bits per heavy atom. The summed E-state index contributed by atoms with van der Waals surface area (Å²) in [7, 11) is 0. The van der Waals surface area contributed by atoms with Crippen molar-refractivity contribution < 1.29 is 28.8 Å². The molecule has 0 aromatic heterocycles. The summed E-state index contributed by atoms with van der Waals surface area (Å²) in [6.45, 7) is 0. The van der Waals surface area contributed by atoms with Crippen LogP contribution in [0.15, 0.2) is 164 Å². The first-order chi connectivity index (χ1) is 26.7. The maximum atomic E-state index is 13.5. The average molecular weight is 722 g/mol. The molecule has 0 atom stereocenters. The van der Waals surface area contributed by atoms with E-state index in [1.807, 2.05) is 18.2 Å². The second kappa shape index (κ2) is 15.9. The number of rotatable bonds is 11. The first-order valence-electron chi connectivity index (χ1n) is 17.2. The lowest BCUT2D eigenvalue weighted by molar-refractivity contribution is 0.0923. The maximum absolute atomic E-state index is 13.5. The lowest BCUT2D eigenvalue weighted by Gasteiger charge is -2.14. The number of carbonyl (C=O) groups is 6. The minimum Gasteiger partial charge on any atom is -0.322 e. The summed E-state index contributed by atoms with van der Waals surface area (Å²) in [5.41, 5.74) is 4.52. The van der Waals surface area contributed by atoms with Crippen molar-refractivity contribution in [3.8, 4) is 0 Å². The number of nitrogens with zero attached hydrogens (tertiary/aromatic N) is 1. The van der Waals surface area contributed by atoms with Gasteiger partial charge in [-0.1, -0.05) is 97.1 Å². The van der Waals surface area contributed by atoms with Gasteiger partial charge in [-0.05, 0) is 90.0 Å². The summed E-state index contributed by atoms with van der Waals surface area (Å²) < 4.78 is 0. The van der Waals surface area contributed by atoms with Gasteiger partial charge in [0.15, 0.2) is 11.6 Å². The molecule has 1 heterocycles. The van der Waals surface area contributed by atoms with Crippen LogP contribution in [0.3, 0.4) is 0 Å². The van der Waals surface area contributed by atoms with Crippen molar-refractivity contribution in [2.45, 2.75) is 0 Å². The minimum atomic E-state index is -0.599. The van der Waals surface area contributed by atoms with Gasteiger partial charge in [0.25, 0.3) is 23.6 Å². The van der Waals surface area contributed by atoms with Gasteiger partial charge in [0.1, 0.15) is 0 Å². The molecule has 1 aliphatic heterocycles. The second-order valence-electron chi connectivity index (χ2n) is 12.5. The summed E-state index contributed by atoms with van der Waals surface area (Å²) in [4.78, 5) is 79.1. The summed E-state index contributed by atoms with van der Waals surface area (Å²) in [6, 6.07) is 42.1.